The zero-order chi connectivity index (χ0) is 14.0. The van der Waals surface area contributed by atoms with Crippen LogP contribution in [0.2, 0.25) is 0 Å². The molecule has 1 aromatic rings. The Kier molecular flexibility index (Phi) is 4.24. The zero-order valence-electron chi connectivity index (χ0n) is 12.0. The van der Waals surface area contributed by atoms with E-state index in [-0.39, 0.29) is 17.0 Å². The maximum atomic E-state index is 13.6. The van der Waals surface area contributed by atoms with Crippen molar-refractivity contribution in [2.45, 2.75) is 58.5 Å². The highest BCUT2D eigenvalue weighted by Gasteiger charge is 2.34. The first-order valence-electron chi connectivity index (χ1n) is 7.09. The van der Waals surface area contributed by atoms with Crippen LogP contribution in [0.1, 0.15) is 45.6 Å². The second kappa shape index (κ2) is 5.58. The lowest BCUT2D eigenvalue weighted by molar-refractivity contribution is 0.264. The lowest BCUT2D eigenvalue weighted by Crippen LogP contribution is -2.43. The summed E-state index contributed by atoms with van der Waals surface area (Å²) in [6.07, 6.45) is 3.99. The molecular weight excluding hydrogens is 244 g/mol. The number of hydrogen-bond acceptors (Lipinski definition) is 1. The molecule has 2 rings (SSSR count). The highest BCUT2D eigenvalue weighted by molar-refractivity contribution is 5.20. The Morgan fingerprint density at radius 3 is 2.47 bits per heavy atom. The summed E-state index contributed by atoms with van der Waals surface area (Å²) in [4.78, 5) is 0. The van der Waals surface area contributed by atoms with Crippen LogP contribution in [-0.4, -0.2) is 12.1 Å². The van der Waals surface area contributed by atoms with Gasteiger partial charge >= 0.3 is 0 Å². The minimum Gasteiger partial charge on any atom is -0.311 e. The summed E-state index contributed by atoms with van der Waals surface area (Å²) >= 11 is 0. The van der Waals surface area contributed by atoms with Gasteiger partial charge in [-0.2, -0.15) is 0 Å². The molecule has 2 unspecified atom stereocenters. The van der Waals surface area contributed by atoms with Gasteiger partial charge in [0.25, 0.3) is 0 Å². The van der Waals surface area contributed by atoms with Crippen LogP contribution in [0.25, 0.3) is 0 Å². The monoisotopic (exact) mass is 267 g/mol. The first kappa shape index (κ1) is 14.4. The maximum Gasteiger partial charge on any atom is 0.129 e. The molecule has 2 atom stereocenters. The first-order chi connectivity index (χ1) is 8.90. The van der Waals surface area contributed by atoms with Gasteiger partial charge in [-0.3, -0.25) is 0 Å². The number of hydrogen-bond donors (Lipinski definition) is 1. The zero-order valence-corrected chi connectivity index (χ0v) is 12.0. The van der Waals surface area contributed by atoms with Gasteiger partial charge in [-0.05, 0) is 43.7 Å². The summed E-state index contributed by atoms with van der Waals surface area (Å²) in [5.74, 6) is -0.890. The van der Waals surface area contributed by atoms with E-state index < -0.39 is 11.6 Å². The number of nitrogens with one attached hydrogen (secondary N) is 1. The van der Waals surface area contributed by atoms with Gasteiger partial charge in [0.05, 0.1) is 0 Å². The molecule has 1 fully saturated rings. The normalized spacial score (nSPS) is 23.5. The van der Waals surface area contributed by atoms with E-state index in [4.69, 9.17) is 0 Å². The standard InChI is InChI=1S/C16H23F2N/c1-11(19-15-8-5-9-16(15,2)3)10-12-13(17)6-4-7-14(12)18/h4,6-7,11,15,19H,5,8-10H2,1-3H3. The molecule has 0 spiro atoms. The Morgan fingerprint density at radius 1 is 1.32 bits per heavy atom. The summed E-state index contributed by atoms with van der Waals surface area (Å²) in [5, 5.41) is 3.54. The third-order valence-corrected chi connectivity index (χ3v) is 4.31. The van der Waals surface area contributed by atoms with E-state index in [2.05, 4.69) is 19.2 Å². The summed E-state index contributed by atoms with van der Waals surface area (Å²) in [7, 11) is 0. The fourth-order valence-corrected chi connectivity index (χ4v) is 3.07. The minimum absolute atomic E-state index is 0.0776. The molecule has 0 amide bonds. The molecule has 19 heavy (non-hydrogen) atoms. The highest BCUT2D eigenvalue weighted by Crippen LogP contribution is 2.37. The highest BCUT2D eigenvalue weighted by atomic mass is 19.1. The molecule has 106 valence electrons. The topological polar surface area (TPSA) is 12.0 Å². The van der Waals surface area contributed by atoms with Crippen LogP contribution in [0.15, 0.2) is 18.2 Å². The van der Waals surface area contributed by atoms with E-state index in [9.17, 15) is 8.78 Å². The van der Waals surface area contributed by atoms with Crippen LogP contribution in [-0.2, 0) is 6.42 Å². The van der Waals surface area contributed by atoms with Crippen LogP contribution in [0.3, 0.4) is 0 Å². The molecule has 0 radical (unpaired) electrons. The van der Waals surface area contributed by atoms with E-state index in [1.165, 1.54) is 31.0 Å². The molecule has 3 heteroatoms. The molecule has 0 aromatic heterocycles. The smallest absolute Gasteiger partial charge is 0.129 e. The van der Waals surface area contributed by atoms with Crippen molar-refractivity contribution < 1.29 is 8.78 Å². The fourth-order valence-electron chi connectivity index (χ4n) is 3.07. The second-order valence-corrected chi connectivity index (χ2v) is 6.41. The summed E-state index contributed by atoms with van der Waals surface area (Å²) in [6.45, 7) is 6.52. The maximum absolute atomic E-state index is 13.6. The molecule has 1 nitrogen and oxygen atoms in total. The molecule has 1 aliphatic rings. The third kappa shape index (κ3) is 3.33. The van der Waals surface area contributed by atoms with Crippen LogP contribution in [0.5, 0.6) is 0 Å². The molecule has 0 bridgehead atoms. The van der Waals surface area contributed by atoms with Crippen molar-refractivity contribution in [3.8, 4) is 0 Å². The van der Waals surface area contributed by atoms with E-state index in [1.807, 2.05) is 6.92 Å². The van der Waals surface area contributed by atoms with E-state index in [1.54, 1.807) is 0 Å². The van der Waals surface area contributed by atoms with Crippen LogP contribution >= 0.6 is 0 Å². The molecule has 0 saturated heterocycles. The predicted molar refractivity (Wildman–Crippen MR) is 74.1 cm³/mol. The molecule has 0 heterocycles. The fraction of sp³-hybridized carbons (Fsp3) is 0.625. The lowest BCUT2D eigenvalue weighted by atomic mass is 9.87. The van der Waals surface area contributed by atoms with Crippen LogP contribution in [0.4, 0.5) is 8.78 Å². The molecule has 1 aromatic carbocycles. The molecule has 0 aliphatic heterocycles. The average Bonchev–Trinajstić information content (AvgIpc) is 2.64. The lowest BCUT2D eigenvalue weighted by Gasteiger charge is -2.31. The predicted octanol–water partition coefficient (Wildman–Crippen LogP) is 4.06. The van der Waals surface area contributed by atoms with Gasteiger partial charge in [-0.1, -0.05) is 26.3 Å². The number of rotatable bonds is 4. The summed E-state index contributed by atoms with van der Waals surface area (Å²) in [6, 6.07) is 4.58. The van der Waals surface area contributed by atoms with Crippen molar-refractivity contribution in [2.75, 3.05) is 0 Å². The number of benzene rings is 1. The van der Waals surface area contributed by atoms with Crippen LogP contribution in [0, 0.1) is 17.0 Å². The van der Waals surface area contributed by atoms with E-state index in [0.29, 0.717) is 12.5 Å². The molecule has 1 saturated carbocycles. The van der Waals surface area contributed by atoms with Gasteiger partial charge < -0.3 is 5.32 Å². The van der Waals surface area contributed by atoms with Crippen LogP contribution < -0.4 is 5.32 Å². The van der Waals surface area contributed by atoms with Gasteiger partial charge in [-0.15, -0.1) is 0 Å². The Hall–Kier alpha value is -0.960. The van der Waals surface area contributed by atoms with Gasteiger partial charge in [0.2, 0.25) is 0 Å². The molecular formula is C16H23F2N. The molecule has 1 aliphatic carbocycles. The minimum atomic E-state index is -0.445. The van der Waals surface area contributed by atoms with Crippen molar-refractivity contribution in [3.63, 3.8) is 0 Å². The Bertz CT molecular complexity index is 422. The summed E-state index contributed by atoms with van der Waals surface area (Å²) in [5.41, 5.74) is 0.473. The largest absolute Gasteiger partial charge is 0.311 e. The van der Waals surface area contributed by atoms with Crippen molar-refractivity contribution >= 4 is 0 Å². The van der Waals surface area contributed by atoms with E-state index >= 15 is 0 Å². The quantitative estimate of drug-likeness (QED) is 0.867. The Labute approximate surface area is 114 Å². The van der Waals surface area contributed by atoms with Crippen molar-refractivity contribution in [1.82, 2.24) is 5.32 Å². The van der Waals surface area contributed by atoms with Crippen molar-refractivity contribution in [2.24, 2.45) is 5.41 Å². The third-order valence-electron chi connectivity index (χ3n) is 4.31. The van der Waals surface area contributed by atoms with Crippen molar-refractivity contribution in [3.05, 3.63) is 35.4 Å². The summed E-state index contributed by atoms with van der Waals surface area (Å²) < 4.78 is 27.2. The Morgan fingerprint density at radius 2 is 1.95 bits per heavy atom. The molecule has 1 N–H and O–H groups in total. The van der Waals surface area contributed by atoms with Gasteiger partial charge in [0.15, 0.2) is 0 Å². The first-order valence-corrected chi connectivity index (χ1v) is 7.09. The Balaban J connectivity index is 2.00. The van der Waals surface area contributed by atoms with Gasteiger partial charge in [-0.25, -0.2) is 8.78 Å². The van der Waals surface area contributed by atoms with Crippen molar-refractivity contribution in [1.29, 1.82) is 0 Å². The van der Waals surface area contributed by atoms with Gasteiger partial charge in [0.1, 0.15) is 11.6 Å². The second-order valence-electron chi connectivity index (χ2n) is 6.41. The van der Waals surface area contributed by atoms with E-state index in [0.717, 1.165) is 6.42 Å². The average molecular weight is 267 g/mol. The van der Waals surface area contributed by atoms with Gasteiger partial charge in [0, 0.05) is 17.6 Å². The SMILES string of the molecule is CC(Cc1c(F)cccc1F)NC1CCCC1(C)C. The number of halogens is 2.